The molecule has 2 N–H and O–H groups in total. The molecule has 0 aliphatic heterocycles. The number of nitrogens with one attached hydrogen (secondary N) is 2. The molecule has 1 aliphatic rings. The predicted octanol–water partition coefficient (Wildman–Crippen LogP) is 5.11. The van der Waals surface area contributed by atoms with E-state index < -0.39 is 29.9 Å². The Labute approximate surface area is 183 Å². The molecule has 2 amide bonds. The van der Waals surface area contributed by atoms with Gasteiger partial charge in [0.1, 0.15) is 0 Å². The van der Waals surface area contributed by atoms with Crippen molar-refractivity contribution in [1.29, 1.82) is 0 Å². The van der Waals surface area contributed by atoms with Crippen LogP contribution in [-0.2, 0) is 15.8 Å². The van der Waals surface area contributed by atoms with Crippen LogP contribution in [0.2, 0.25) is 0 Å². The summed E-state index contributed by atoms with van der Waals surface area (Å²) in [5, 5.41) is 4.70. The Morgan fingerprint density at radius 1 is 1.09 bits per heavy atom. The SMILES string of the molecule is C/C=C/c1ccc(OCC(=O)Nc2ccc(NC(=O)C3CC3)cc2C(F)(F)F)c(OC)c1. The number of hydrogen-bond donors (Lipinski definition) is 2. The lowest BCUT2D eigenvalue weighted by atomic mass is 10.1. The van der Waals surface area contributed by atoms with Crippen molar-refractivity contribution in [3.8, 4) is 11.5 Å². The van der Waals surface area contributed by atoms with Gasteiger partial charge in [-0.3, -0.25) is 9.59 Å². The fourth-order valence-corrected chi connectivity index (χ4v) is 2.98. The Bertz CT molecular complexity index is 1030. The third kappa shape index (κ3) is 6.03. The number of allylic oxidation sites excluding steroid dienone is 1. The number of anilines is 2. The van der Waals surface area contributed by atoms with E-state index >= 15 is 0 Å². The molecule has 0 spiro atoms. The molecular weight excluding hydrogens is 425 g/mol. The molecule has 6 nitrogen and oxygen atoms in total. The average molecular weight is 448 g/mol. The van der Waals surface area contributed by atoms with Gasteiger partial charge in [-0.05, 0) is 55.7 Å². The third-order valence-corrected chi connectivity index (χ3v) is 4.72. The van der Waals surface area contributed by atoms with Gasteiger partial charge in [0, 0.05) is 11.6 Å². The Balaban J connectivity index is 1.69. The molecular formula is C23H23F3N2O4. The Morgan fingerprint density at radius 3 is 2.47 bits per heavy atom. The van der Waals surface area contributed by atoms with Gasteiger partial charge in [-0.1, -0.05) is 18.2 Å². The molecule has 0 bridgehead atoms. The third-order valence-electron chi connectivity index (χ3n) is 4.72. The van der Waals surface area contributed by atoms with E-state index in [2.05, 4.69) is 10.6 Å². The molecule has 0 unspecified atom stereocenters. The quantitative estimate of drug-likeness (QED) is 0.588. The molecule has 32 heavy (non-hydrogen) atoms. The van der Waals surface area contributed by atoms with Gasteiger partial charge in [0.15, 0.2) is 18.1 Å². The number of amides is 2. The fraction of sp³-hybridized carbons (Fsp3) is 0.304. The fourth-order valence-electron chi connectivity index (χ4n) is 2.98. The lowest BCUT2D eigenvalue weighted by Gasteiger charge is -2.16. The van der Waals surface area contributed by atoms with Gasteiger partial charge in [-0.15, -0.1) is 0 Å². The number of ether oxygens (including phenoxy) is 2. The topological polar surface area (TPSA) is 76.7 Å². The van der Waals surface area contributed by atoms with Crippen LogP contribution in [0, 0.1) is 5.92 Å². The number of hydrogen-bond acceptors (Lipinski definition) is 4. The minimum Gasteiger partial charge on any atom is -0.493 e. The highest BCUT2D eigenvalue weighted by Crippen LogP contribution is 2.37. The first-order valence-corrected chi connectivity index (χ1v) is 9.96. The first kappa shape index (κ1) is 23.2. The Hall–Kier alpha value is -3.49. The van der Waals surface area contributed by atoms with E-state index in [0.717, 1.165) is 30.5 Å². The van der Waals surface area contributed by atoms with E-state index in [1.807, 2.05) is 19.1 Å². The van der Waals surface area contributed by atoms with Crippen LogP contribution in [0.15, 0.2) is 42.5 Å². The summed E-state index contributed by atoms with van der Waals surface area (Å²) in [5.41, 5.74) is -0.599. The molecule has 0 saturated heterocycles. The highest BCUT2D eigenvalue weighted by molar-refractivity contribution is 5.96. The molecule has 0 radical (unpaired) electrons. The van der Waals surface area contributed by atoms with E-state index in [9.17, 15) is 22.8 Å². The summed E-state index contributed by atoms with van der Waals surface area (Å²) >= 11 is 0. The molecule has 3 rings (SSSR count). The van der Waals surface area contributed by atoms with Crippen LogP contribution in [0.3, 0.4) is 0 Å². The highest BCUT2D eigenvalue weighted by Gasteiger charge is 2.35. The van der Waals surface area contributed by atoms with Crippen LogP contribution in [-0.4, -0.2) is 25.5 Å². The number of carbonyl (C=O) groups excluding carboxylic acids is 2. The van der Waals surface area contributed by atoms with E-state index in [4.69, 9.17) is 9.47 Å². The van der Waals surface area contributed by atoms with Gasteiger partial charge in [0.05, 0.1) is 18.4 Å². The molecule has 1 aliphatic carbocycles. The first-order chi connectivity index (χ1) is 15.2. The van der Waals surface area contributed by atoms with Crippen LogP contribution >= 0.6 is 0 Å². The average Bonchev–Trinajstić information content (AvgIpc) is 3.59. The van der Waals surface area contributed by atoms with Crippen LogP contribution in [0.1, 0.15) is 30.9 Å². The maximum absolute atomic E-state index is 13.5. The summed E-state index contributed by atoms with van der Waals surface area (Å²) in [4.78, 5) is 24.1. The molecule has 1 saturated carbocycles. The molecule has 2 aromatic carbocycles. The Kier molecular flexibility index (Phi) is 7.07. The minimum atomic E-state index is -4.73. The van der Waals surface area contributed by atoms with Gasteiger partial charge < -0.3 is 20.1 Å². The van der Waals surface area contributed by atoms with E-state index in [1.165, 1.54) is 13.2 Å². The molecule has 9 heteroatoms. The zero-order valence-electron chi connectivity index (χ0n) is 17.6. The second-order valence-corrected chi connectivity index (χ2v) is 7.27. The normalized spacial score (nSPS) is 13.7. The standard InChI is InChI=1S/C23H23F3N2O4/c1-3-4-14-5-10-19(20(11-14)31-2)32-13-21(29)28-18-9-8-16(12-17(18)23(24,25)26)27-22(30)15-6-7-15/h3-5,8-12,15H,6-7,13H2,1-2H3,(H,27,30)(H,28,29)/b4-3+. The smallest absolute Gasteiger partial charge is 0.418 e. The van der Waals surface area contributed by atoms with Gasteiger partial charge in [-0.25, -0.2) is 0 Å². The van der Waals surface area contributed by atoms with Crippen molar-refractivity contribution in [3.05, 3.63) is 53.6 Å². The van der Waals surface area contributed by atoms with Crippen molar-refractivity contribution in [1.82, 2.24) is 0 Å². The van der Waals surface area contributed by atoms with Gasteiger partial charge in [-0.2, -0.15) is 13.2 Å². The largest absolute Gasteiger partial charge is 0.493 e. The monoisotopic (exact) mass is 448 g/mol. The second-order valence-electron chi connectivity index (χ2n) is 7.27. The molecule has 0 atom stereocenters. The van der Waals surface area contributed by atoms with Crippen molar-refractivity contribution in [2.45, 2.75) is 25.9 Å². The lowest BCUT2D eigenvalue weighted by molar-refractivity contribution is -0.137. The molecule has 0 aromatic heterocycles. The summed E-state index contributed by atoms with van der Waals surface area (Å²) in [6.07, 6.45) is 0.442. The van der Waals surface area contributed by atoms with E-state index in [-0.39, 0.29) is 23.3 Å². The van der Waals surface area contributed by atoms with Gasteiger partial charge in [0.25, 0.3) is 5.91 Å². The summed E-state index contributed by atoms with van der Waals surface area (Å²) in [5.74, 6) is -0.558. The van der Waals surface area contributed by atoms with E-state index in [0.29, 0.717) is 5.75 Å². The minimum absolute atomic E-state index is 0.0226. The van der Waals surface area contributed by atoms with Crippen LogP contribution in [0.5, 0.6) is 11.5 Å². The summed E-state index contributed by atoms with van der Waals surface area (Å²) in [6, 6.07) is 8.31. The predicted molar refractivity (Wildman–Crippen MR) is 115 cm³/mol. The number of benzene rings is 2. The highest BCUT2D eigenvalue weighted by atomic mass is 19.4. The van der Waals surface area contributed by atoms with Crippen molar-refractivity contribution < 1.29 is 32.2 Å². The number of rotatable bonds is 8. The lowest BCUT2D eigenvalue weighted by Crippen LogP contribution is -2.23. The number of alkyl halides is 3. The van der Waals surface area contributed by atoms with Crippen molar-refractivity contribution in [2.75, 3.05) is 24.4 Å². The molecule has 2 aromatic rings. The van der Waals surface area contributed by atoms with Crippen LogP contribution < -0.4 is 20.1 Å². The summed E-state index contributed by atoms with van der Waals surface area (Å²) < 4.78 is 51.2. The number of methoxy groups -OCH3 is 1. The van der Waals surface area contributed by atoms with Crippen molar-refractivity contribution in [2.24, 2.45) is 5.92 Å². The zero-order chi connectivity index (χ0) is 23.3. The number of carbonyl (C=O) groups is 2. The van der Waals surface area contributed by atoms with Crippen LogP contribution in [0.4, 0.5) is 24.5 Å². The van der Waals surface area contributed by atoms with E-state index in [1.54, 1.807) is 18.2 Å². The molecule has 170 valence electrons. The van der Waals surface area contributed by atoms with Crippen molar-refractivity contribution in [3.63, 3.8) is 0 Å². The Morgan fingerprint density at radius 2 is 1.84 bits per heavy atom. The molecule has 0 heterocycles. The van der Waals surface area contributed by atoms with Crippen LogP contribution in [0.25, 0.3) is 6.08 Å². The molecule has 1 fully saturated rings. The maximum atomic E-state index is 13.5. The number of halogens is 3. The zero-order valence-corrected chi connectivity index (χ0v) is 17.6. The maximum Gasteiger partial charge on any atom is 0.418 e. The first-order valence-electron chi connectivity index (χ1n) is 9.96. The van der Waals surface area contributed by atoms with Gasteiger partial charge in [0.2, 0.25) is 5.91 Å². The summed E-state index contributed by atoms with van der Waals surface area (Å²) in [6.45, 7) is 1.35. The van der Waals surface area contributed by atoms with Crippen molar-refractivity contribution >= 4 is 29.3 Å². The van der Waals surface area contributed by atoms with Gasteiger partial charge >= 0.3 is 6.18 Å². The second kappa shape index (κ2) is 9.76. The summed E-state index contributed by atoms with van der Waals surface area (Å²) in [7, 11) is 1.45.